The Morgan fingerprint density at radius 1 is 1.28 bits per heavy atom. The SMILES string of the molecule is COC(OC)[C@@H](C)[C@H]1CC[C@H]2C(=O)CCC[C@]12C. The zero-order valence-electron chi connectivity index (χ0n) is 12.1. The van der Waals surface area contributed by atoms with Gasteiger partial charge in [-0.3, -0.25) is 4.79 Å². The van der Waals surface area contributed by atoms with Gasteiger partial charge in [-0.25, -0.2) is 0 Å². The van der Waals surface area contributed by atoms with Gasteiger partial charge >= 0.3 is 0 Å². The molecule has 0 aliphatic heterocycles. The minimum Gasteiger partial charge on any atom is -0.356 e. The van der Waals surface area contributed by atoms with Crippen LogP contribution in [0.3, 0.4) is 0 Å². The number of methoxy groups -OCH3 is 2. The number of carbonyl (C=O) groups excluding carboxylic acids is 1. The average molecular weight is 254 g/mol. The van der Waals surface area contributed by atoms with Gasteiger partial charge in [0.1, 0.15) is 5.78 Å². The number of rotatable bonds is 4. The van der Waals surface area contributed by atoms with E-state index in [1.54, 1.807) is 14.2 Å². The van der Waals surface area contributed by atoms with Crippen molar-refractivity contribution in [2.75, 3.05) is 14.2 Å². The van der Waals surface area contributed by atoms with Crippen LogP contribution in [-0.2, 0) is 14.3 Å². The van der Waals surface area contributed by atoms with Crippen molar-refractivity contribution in [1.82, 2.24) is 0 Å². The van der Waals surface area contributed by atoms with Gasteiger partial charge < -0.3 is 9.47 Å². The molecule has 18 heavy (non-hydrogen) atoms. The second-order valence-corrected chi connectivity index (χ2v) is 6.26. The van der Waals surface area contributed by atoms with Crippen molar-refractivity contribution in [1.29, 1.82) is 0 Å². The first-order valence-corrected chi connectivity index (χ1v) is 7.13. The van der Waals surface area contributed by atoms with Gasteiger partial charge in [0, 0.05) is 32.5 Å². The third-order valence-electron chi connectivity index (χ3n) is 5.47. The smallest absolute Gasteiger partial charge is 0.159 e. The van der Waals surface area contributed by atoms with Crippen molar-refractivity contribution >= 4 is 5.78 Å². The molecule has 0 bridgehead atoms. The van der Waals surface area contributed by atoms with Crippen LogP contribution in [0, 0.1) is 23.2 Å². The van der Waals surface area contributed by atoms with Crippen LogP contribution in [0.5, 0.6) is 0 Å². The molecule has 3 heteroatoms. The van der Waals surface area contributed by atoms with Crippen molar-refractivity contribution < 1.29 is 14.3 Å². The van der Waals surface area contributed by atoms with Crippen LogP contribution in [-0.4, -0.2) is 26.3 Å². The molecular formula is C15H26O3. The number of hydrogen-bond donors (Lipinski definition) is 0. The van der Waals surface area contributed by atoms with Crippen LogP contribution < -0.4 is 0 Å². The molecular weight excluding hydrogens is 228 g/mol. The monoisotopic (exact) mass is 254 g/mol. The Hall–Kier alpha value is -0.410. The first kappa shape index (κ1) is 14.0. The van der Waals surface area contributed by atoms with Crippen LogP contribution in [0.4, 0.5) is 0 Å². The van der Waals surface area contributed by atoms with Crippen molar-refractivity contribution in [2.45, 2.75) is 52.2 Å². The summed E-state index contributed by atoms with van der Waals surface area (Å²) in [6.07, 6.45) is 5.07. The lowest BCUT2D eigenvalue weighted by molar-refractivity contribution is -0.158. The molecule has 0 radical (unpaired) electrons. The Morgan fingerprint density at radius 3 is 2.56 bits per heavy atom. The number of fused-ring (bicyclic) bond motifs is 1. The first-order chi connectivity index (χ1) is 8.54. The van der Waals surface area contributed by atoms with Gasteiger partial charge in [-0.2, -0.15) is 0 Å². The van der Waals surface area contributed by atoms with Gasteiger partial charge in [-0.15, -0.1) is 0 Å². The Balaban J connectivity index is 2.17. The maximum Gasteiger partial charge on any atom is 0.159 e. The minimum absolute atomic E-state index is 0.150. The number of carbonyl (C=O) groups is 1. The topological polar surface area (TPSA) is 35.5 Å². The summed E-state index contributed by atoms with van der Waals surface area (Å²) >= 11 is 0. The van der Waals surface area contributed by atoms with Crippen LogP contribution in [0.2, 0.25) is 0 Å². The molecule has 3 nitrogen and oxygen atoms in total. The van der Waals surface area contributed by atoms with Crippen molar-refractivity contribution in [3.63, 3.8) is 0 Å². The molecule has 0 saturated heterocycles. The molecule has 0 unspecified atom stereocenters. The second kappa shape index (κ2) is 5.30. The highest BCUT2D eigenvalue weighted by Crippen LogP contribution is 2.57. The van der Waals surface area contributed by atoms with E-state index in [2.05, 4.69) is 13.8 Å². The number of hydrogen-bond acceptors (Lipinski definition) is 3. The Bertz CT molecular complexity index is 311. The predicted octanol–water partition coefficient (Wildman–Crippen LogP) is 3.03. The standard InChI is InChI=1S/C15H26O3/c1-10(14(17-3)18-4)11-7-8-12-13(16)6-5-9-15(11,12)2/h10-12,14H,5-9H2,1-4H3/t10-,11+,12-,15+/m0/s1. The van der Waals surface area contributed by atoms with Crippen LogP contribution in [0.1, 0.15) is 46.0 Å². The highest BCUT2D eigenvalue weighted by atomic mass is 16.7. The highest BCUT2D eigenvalue weighted by Gasteiger charge is 2.53. The van der Waals surface area contributed by atoms with E-state index in [1.807, 2.05) is 0 Å². The van der Waals surface area contributed by atoms with E-state index in [9.17, 15) is 4.79 Å². The van der Waals surface area contributed by atoms with Crippen LogP contribution >= 0.6 is 0 Å². The molecule has 2 saturated carbocycles. The molecule has 2 fully saturated rings. The summed E-state index contributed by atoms with van der Waals surface area (Å²) in [6.45, 7) is 4.51. The van der Waals surface area contributed by atoms with E-state index in [0.29, 0.717) is 17.6 Å². The Morgan fingerprint density at radius 2 is 1.94 bits per heavy atom. The molecule has 0 spiro atoms. The van der Waals surface area contributed by atoms with E-state index in [-0.39, 0.29) is 17.6 Å². The largest absolute Gasteiger partial charge is 0.356 e. The normalized spacial score (nSPS) is 37.9. The molecule has 2 aliphatic rings. The van der Waals surface area contributed by atoms with Gasteiger partial charge in [0.15, 0.2) is 6.29 Å². The quantitative estimate of drug-likeness (QED) is 0.723. The molecule has 0 N–H and O–H groups in total. The summed E-state index contributed by atoms with van der Waals surface area (Å²) in [4.78, 5) is 12.1. The fraction of sp³-hybridized carbons (Fsp3) is 0.933. The van der Waals surface area contributed by atoms with Crippen molar-refractivity contribution in [2.24, 2.45) is 23.2 Å². The molecule has 0 heterocycles. The lowest BCUT2D eigenvalue weighted by atomic mass is 9.62. The molecule has 104 valence electrons. The molecule has 0 aromatic rings. The summed E-state index contributed by atoms with van der Waals surface area (Å²) in [5.74, 6) is 1.66. The molecule has 0 aromatic carbocycles. The van der Waals surface area contributed by atoms with Gasteiger partial charge in [-0.05, 0) is 37.0 Å². The summed E-state index contributed by atoms with van der Waals surface area (Å²) < 4.78 is 10.8. The zero-order chi connectivity index (χ0) is 13.3. The Labute approximate surface area is 110 Å². The van der Waals surface area contributed by atoms with Gasteiger partial charge in [-0.1, -0.05) is 13.8 Å². The third-order valence-corrected chi connectivity index (χ3v) is 5.47. The summed E-state index contributed by atoms with van der Waals surface area (Å²) in [7, 11) is 3.40. The molecule has 2 aliphatic carbocycles. The van der Waals surface area contributed by atoms with E-state index in [1.165, 1.54) is 6.42 Å². The van der Waals surface area contributed by atoms with Crippen LogP contribution in [0.25, 0.3) is 0 Å². The Kier molecular flexibility index (Phi) is 4.12. The van der Waals surface area contributed by atoms with Crippen molar-refractivity contribution in [3.8, 4) is 0 Å². The fourth-order valence-electron chi connectivity index (χ4n) is 4.55. The summed E-state index contributed by atoms with van der Waals surface area (Å²) in [5, 5.41) is 0. The number of ketones is 1. The lowest BCUT2D eigenvalue weighted by Crippen LogP contribution is -2.42. The molecule has 0 amide bonds. The van der Waals surface area contributed by atoms with Crippen molar-refractivity contribution in [3.05, 3.63) is 0 Å². The minimum atomic E-state index is -0.150. The van der Waals surface area contributed by atoms with E-state index in [4.69, 9.17) is 9.47 Å². The average Bonchev–Trinajstić information content (AvgIpc) is 2.69. The fourth-order valence-corrected chi connectivity index (χ4v) is 4.55. The maximum absolute atomic E-state index is 12.1. The summed E-state index contributed by atoms with van der Waals surface area (Å²) in [6, 6.07) is 0. The number of ether oxygens (including phenoxy) is 2. The maximum atomic E-state index is 12.1. The molecule has 0 aromatic heterocycles. The zero-order valence-corrected chi connectivity index (χ0v) is 12.1. The first-order valence-electron chi connectivity index (χ1n) is 7.13. The van der Waals surface area contributed by atoms with E-state index >= 15 is 0 Å². The number of Topliss-reactive ketones (excluding diaryl/α,β-unsaturated/α-hetero) is 1. The predicted molar refractivity (Wildman–Crippen MR) is 70.1 cm³/mol. The van der Waals surface area contributed by atoms with Gasteiger partial charge in [0.2, 0.25) is 0 Å². The second-order valence-electron chi connectivity index (χ2n) is 6.26. The lowest BCUT2D eigenvalue weighted by Gasteiger charge is -2.43. The van der Waals surface area contributed by atoms with Gasteiger partial charge in [0.25, 0.3) is 0 Å². The highest BCUT2D eigenvalue weighted by molar-refractivity contribution is 5.83. The van der Waals surface area contributed by atoms with Gasteiger partial charge in [0.05, 0.1) is 0 Å². The molecule has 2 rings (SSSR count). The van der Waals surface area contributed by atoms with E-state index < -0.39 is 0 Å². The summed E-state index contributed by atoms with van der Waals surface area (Å²) in [5.41, 5.74) is 0.171. The van der Waals surface area contributed by atoms with E-state index in [0.717, 1.165) is 25.7 Å². The van der Waals surface area contributed by atoms with Crippen LogP contribution in [0.15, 0.2) is 0 Å². The third kappa shape index (κ3) is 2.12. The molecule has 4 atom stereocenters.